The normalized spacial score (nSPS) is 10.8. The third-order valence-corrected chi connectivity index (χ3v) is 4.84. The average molecular weight is 386 g/mol. The number of hydrogen-bond donors (Lipinski definition) is 1. The molecule has 1 N–H and O–H groups in total. The maximum absolute atomic E-state index is 12.6. The molecule has 0 atom stereocenters. The minimum absolute atomic E-state index is 0.0841. The highest BCUT2D eigenvalue weighted by Crippen LogP contribution is 2.22. The Morgan fingerprint density at radius 2 is 1.83 bits per heavy atom. The molecule has 7 nitrogen and oxygen atoms in total. The van der Waals surface area contributed by atoms with Gasteiger partial charge in [0.05, 0.1) is 11.5 Å². The van der Waals surface area contributed by atoms with Crippen molar-refractivity contribution in [1.82, 2.24) is 9.78 Å². The molecule has 0 saturated carbocycles. The van der Waals surface area contributed by atoms with Crippen LogP contribution in [0.5, 0.6) is 0 Å². The van der Waals surface area contributed by atoms with Gasteiger partial charge >= 0.3 is 0 Å². The summed E-state index contributed by atoms with van der Waals surface area (Å²) in [6.07, 6.45) is 1.79. The van der Waals surface area contributed by atoms with Gasteiger partial charge in [0.25, 0.3) is 11.6 Å². The fourth-order valence-electron chi connectivity index (χ4n) is 3.37. The van der Waals surface area contributed by atoms with E-state index in [0.29, 0.717) is 17.9 Å². The molecule has 7 heteroatoms. The number of hydrogen-bond acceptors (Lipinski definition) is 4. The van der Waals surface area contributed by atoms with Crippen LogP contribution in [0, 0.1) is 17.0 Å². The molecule has 144 valence electrons. The molecular weight excluding hydrogens is 368 g/mol. The van der Waals surface area contributed by atoms with Crippen LogP contribution < -0.4 is 5.32 Å². The van der Waals surface area contributed by atoms with Crippen molar-refractivity contribution in [3.8, 4) is 0 Å². The third kappa shape index (κ3) is 3.70. The van der Waals surface area contributed by atoms with Gasteiger partial charge in [0.15, 0.2) is 5.82 Å². The SMILES string of the molecule is Cc1c(C(=O)Nc2ccn(Cc3cccc4ccccc34)n2)cccc1[N+](=O)[O-]. The average Bonchev–Trinajstić information content (AvgIpc) is 3.15. The van der Waals surface area contributed by atoms with Crippen LogP contribution >= 0.6 is 0 Å². The van der Waals surface area contributed by atoms with Crippen molar-refractivity contribution in [3.05, 3.63) is 99.7 Å². The number of amides is 1. The highest BCUT2D eigenvalue weighted by molar-refractivity contribution is 6.05. The van der Waals surface area contributed by atoms with Crippen molar-refractivity contribution < 1.29 is 9.72 Å². The highest BCUT2D eigenvalue weighted by atomic mass is 16.6. The molecule has 1 aromatic heterocycles. The first kappa shape index (κ1) is 18.4. The maximum atomic E-state index is 12.6. The van der Waals surface area contributed by atoms with E-state index in [1.807, 2.05) is 18.2 Å². The number of fused-ring (bicyclic) bond motifs is 1. The number of aromatic nitrogens is 2. The summed E-state index contributed by atoms with van der Waals surface area (Å²) >= 11 is 0. The standard InChI is InChI=1S/C22H18N4O3/c1-15-18(10-5-11-20(15)26(28)29)22(27)23-21-12-13-25(24-21)14-17-8-4-7-16-6-2-3-9-19(16)17/h2-13H,14H2,1H3,(H,23,24,27). The summed E-state index contributed by atoms with van der Waals surface area (Å²) in [6.45, 7) is 2.12. The van der Waals surface area contributed by atoms with E-state index in [9.17, 15) is 14.9 Å². The molecule has 0 aliphatic carbocycles. The second-order valence-corrected chi connectivity index (χ2v) is 6.70. The fourth-order valence-corrected chi connectivity index (χ4v) is 3.37. The van der Waals surface area contributed by atoms with Crippen molar-refractivity contribution in [2.24, 2.45) is 0 Å². The van der Waals surface area contributed by atoms with Gasteiger partial charge in [0.1, 0.15) is 0 Å². The second-order valence-electron chi connectivity index (χ2n) is 6.70. The van der Waals surface area contributed by atoms with Crippen molar-refractivity contribution in [1.29, 1.82) is 0 Å². The Balaban J connectivity index is 1.53. The van der Waals surface area contributed by atoms with Crippen molar-refractivity contribution in [2.75, 3.05) is 5.32 Å². The number of nitrogens with one attached hydrogen (secondary N) is 1. The summed E-state index contributed by atoms with van der Waals surface area (Å²) < 4.78 is 1.75. The van der Waals surface area contributed by atoms with Crippen LogP contribution in [-0.2, 0) is 6.54 Å². The van der Waals surface area contributed by atoms with Crippen LogP contribution in [0.25, 0.3) is 10.8 Å². The lowest BCUT2D eigenvalue weighted by molar-refractivity contribution is -0.385. The van der Waals surface area contributed by atoms with E-state index in [0.717, 1.165) is 16.3 Å². The predicted molar refractivity (Wildman–Crippen MR) is 111 cm³/mol. The minimum Gasteiger partial charge on any atom is -0.305 e. The maximum Gasteiger partial charge on any atom is 0.273 e. The highest BCUT2D eigenvalue weighted by Gasteiger charge is 2.18. The van der Waals surface area contributed by atoms with E-state index in [-0.39, 0.29) is 11.3 Å². The molecule has 0 saturated heterocycles. The van der Waals surface area contributed by atoms with Crippen molar-refractivity contribution in [3.63, 3.8) is 0 Å². The monoisotopic (exact) mass is 386 g/mol. The number of nitro benzene ring substituents is 1. The Morgan fingerprint density at radius 1 is 1.07 bits per heavy atom. The van der Waals surface area contributed by atoms with Gasteiger partial charge in [-0.15, -0.1) is 0 Å². The predicted octanol–water partition coefficient (Wildman–Crippen LogP) is 4.55. The number of nitro groups is 1. The molecular formula is C22H18N4O3. The van der Waals surface area contributed by atoms with E-state index in [1.165, 1.54) is 12.1 Å². The zero-order chi connectivity index (χ0) is 20.4. The number of nitrogens with zero attached hydrogens (tertiary/aromatic N) is 3. The van der Waals surface area contributed by atoms with Gasteiger partial charge < -0.3 is 5.32 Å². The Hall–Kier alpha value is -4.00. The smallest absolute Gasteiger partial charge is 0.273 e. The number of rotatable bonds is 5. The topological polar surface area (TPSA) is 90.1 Å². The van der Waals surface area contributed by atoms with Gasteiger partial charge in [-0.2, -0.15) is 5.10 Å². The number of anilines is 1. The Bertz CT molecular complexity index is 1220. The molecule has 0 spiro atoms. The largest absolute Gasteiger partial charge is 0.305 e. The Morgan fingerprint density at radius 3 is 2.66 bits per heavy atom. The van der Waals surface area contributed by atoms with E-state index < -0.39 is 10.8 Å². The summed E-state index contributed by atoms with van der Waals surface area (Å²) in [4.78, 5) is 23.2. The summed E-state index contributed by atoms with van der Waals surface area (Å²) in [7, 11) is 0. The molecule has 0 fully saturated rings. The summed E-state index contributed by atoms with van der Waals surface area (Å²) in [5.74, 6) is -0.0391. The zero-order valence-electron chi connectivity index (χ0n) is 15.7. The molecule has 4 aromatic rings. The number of benzene rings is 3. The quantitative estimate of drug-likeness (QED) is 0.402. The molecule has 29 heavy (non-hydrogen) atoms. The van der Waals surface area contributed by atoms with Crippen LogP contribution in [0.3, 0.4) is 0 Å². The lowest BCUT2D eigenvalue weighted by atomic mass is 10.0. The first-order valence-corrected chi connectivity index (χ1v) is 9.08. The van der Waals surface area contributed by atoms with Crippen LogP contribution in [0.2, 0.25) is 0 Å². The van der Waals surface area contributed by atoms with E-state index in [2.05, 4.69) is 34.7 Å². The molecule has 3 aromatic carbocycles. The summed E-state index contributed by atoms with van der Waals surface area (Å²) in [5, 5.41) is 20.5. The van der Waals surface area contributed by atoms with Gasteiger partial charge in [-0.3, -0.25) is 19.6 Å². The Kier molecular flexibility index (Phi) is 4.78. The van der Waals surface area contributed by atoms with Crippen LogP contribution in [0.1, 0.15) is 21.5 Å². The molecule has 4 rings (SSSR count). The van der Waals surface area contributed by atoms with E-state index >= 15 is 0 Å². The molecule has 0 unspecified atom stereocenters. The molecule has 0 radical (unpaired) electrons. The Labute approximate surface area is 166 Å². The fraction of sp³-hybridized carbons (Fsp3) is 0.0909. The molecule has 0 aliphatic rings. The van der Waals surface area contributed by atoms with Crippen LogP contribution in [0.15, 0.2) is 72.9 Å². The van der Waals surface area contributed by atoms with E-state index in [1.54, 1.807) is 29.9 Å². The zero-order valence-corrected chi connectivity index (χ0v) is 15.7. The number of carbonyl (C=O) groups excluding carboxylic acids is 1. The van der Waals surface area contributed by atoms with Crippen molar-refractivity contribution in [2.45, 2.75) is 13.5 Å². The summed E-state index contributed by atoms with van der Waals surface area (Å²) in [6, 6.07) is 20.4. The lowest BCUT2D eigenvalue weighted by Crippen LogP contribution is -2.15. The van der Waals surface area contributed by atoms with Gasteiger partial charge in [-0.25, -0.2) is 0 Å². The molecule has 1 amide bonds. The van der Waals surface area contributed by atoms with Gasteiger partial charge in [0.2, 0.25) is 0 Å². The minimum atomic E-state index is -0.495. The van der Waals surface area contributed by atoms with Gasteiger partial charge in [0, 0.05) is 29.5 Å². The third-order valence-electron chi connectivity index (χ3n) is 4.84. The van der Waals surface area contributed by atoms with E-state index in [4.69, 9.17) is 0 Å². The van der Waals surface area contributed by atoms with Crippen LogP contribution in [0.4, 0.5) is 11.5 Å². The van der Waals surface area contributed by atoms with Gasteiger partial charge in [-0.1, -0.05) is 48.5 Å². The molecule has 0 bridgehead atoms. The molecule has 1 heterocycles. The first-order chi connectivity index (χ1) is 14.0. The van der Waals surface area contributed by atoms with Crippen LogP contribution in [-0.4, -0.2) is 20.6 Å². The molecule has 0 aliphatic heterocycles. The second kappa shape index (κ2) is 7.55. The van der Waals surface area contributed by atoms with Gasteiger partial charge in [-0.05, 0) is 29.3 Å². The lowest BCUT2D eigenvalue weighted by Gasteiger charge is -2.07. The van der Waals surface area contributed by atoms with Crippen molar-refractivity contribution >= 4 is 28.2 Å². The summed E-state index contributed by atoms with van der Waals surface area (Å²) in [5.41, 5.74) is 1.62. The first-order valence-electron chi connectivity index (χ1n) is 9.08. The number of carbonyl (C=O) groups is 1.